The standard InChI is InChI=1S/C11H18N2O4/c1-6(2)13-9(14)3-4-12-10(15)7-5-8(7)11(16)17/h6-8H,3-5H2,1-2H3,(H,12,15)(H,13,14)(H,16,17)/t7-,8+/m1/s1. The summed E-state index contributed by atoms with van der Waals surface area (Å²) >= 11 is 0. The van der Waals surface area contributed by atoms with Crippen molar-refractivity contribution < 1.29 is 19.5 Å². The molecule has 0 radical (unpaired) electrons. The van der Waals surface area contributed by atoms with Crippen molar-refractivity contribution >= 4 is 17.8 Å². The number of carbonyl (C=O) groups is 3. The Hall–Kier alpha value is -1.59. The van der Waals surface area contributed by atoms with E-state index in [2.05, 4.69) is 10.6 Å². The first-order valence-corrected chi connectivity index (χ1v) is 5.71. The van der Waals surface area contributed by atoms with Crippen LogP contribution in [0, 0.1) is 11.8 Å². The third-order valence-electron chi connectivity index (χ3n) is 2.55. The Kier molecular flexibility index (Phi) is 4.48. The van der Waals surface area contributed by atoms with Gasteiger partial charge in [-0.2, -0.15) is 0 Å². The van der Waals surface area contributed by atoms with Crippen molar-refractivity contribution in [2.75, 3.05) is 6.54 Å². The SMILES string of the molecule is CC(C)NC(=O)CCNC(=O)[C@@H]1C[C@@H]1C(=O)O. The van der Waals surface area contributed by atoms with Crippen molar-refractivity contribution in [3.05, 3.63) is 0 Å². The Morgan fingerprint density at radius 2 is 1.94 bits per heavy atom. The van der Waals surface area contributed by atoms with Crippen LogP contribution in [0.15, 0.2) is 0 Å². The highest BCUT2D eigenvalue weighted by atomic mass is 16.4. The lowest BCUT2D eigenvalue weighted by Crippen LogP contribution is -2.34. The molecule has 0 aromatic rings. The van der Waals surface area contributed by atoms with E-state index >= 15 is 0 Å². The van der Waals surface area contributed by atoms with E-state index in [-0.39, 0.29) is 30.8 Å². The first-order valence-electron chi connectivity index (χ1n) is 5.71. The predicted octanol–water partition coefficient (Wildman–Crippen LogP) is -0.262. The minimum absolute atomic E-state index is 0.0815. The van der Waals surface area contributed by atoms with E-state index in [0.29, 0.717) is 6.42 Å². The topological polar surface area (TPSA) is 95.5 Å². The molecule has 1 aliphatic carbocycles. The van der Waals surface area contributed by atoms with Gasteiger partial charge in [0.25, 0.3) is 0 Å². The second kappa shape index (κ2) is 5.65. The number of hydrogen-bond donors (Lipinski definition) is 3. The van der Waals surface area contributed by atoms with E-state index in [0.717, 1.165) is 0 Å². The zero-order valence-electron chi connectivity index (χ0n) is 10.0. The van der Waals surface area contributed by atoms with E-state index in [1.165, 1.54) is 0 Å². The fraction of sp³-hybridized carbons (Fsp3) is 0.727. The third kappa shape index (κ3) is 4.42. The summed E-state index contributed by atoms with van der Waals surface area (Å²) in [5, 5.41) is 13.9. The van der Waals surface area contributed by atoms with Gasteiger partial charge in [-0.1, -0.05) is 0 Å². The van der Waals surface area contributed by atoms with Crippen LogP contribution in [-0.2, 0) is 14.4 Å². The molecule has 17 heavy (non-hydrogen) atoms. The molecule has 2 amide bonds. The molecule has 0 heterocycles. The molecule has 6 nitrogen and oxygen atoms in total. The maximum Gasteiger partial charge on any atom is 0.307 e. The van der Waals surface area contributed by atoms with E-state index < -0.39 is 17.8 Å². The van der Waals surface area contributed by atoms with Gasteiger partial charge in [0.1, 0.15) is 0 Å². The molecule has 6 heteroatoms. The number of carbonyl (C=O) groups excluding carboxylic acids is 2. The van der Waals surface area contributed by atoms with Crippen molar-refractivity contribution in [3.8, 4) is 0 Å². The lowest BCUT2D eigenvalue weighted by Gasteiger charge is -2.08. The Balaban J connectivity index is 2.13. The smallest absolute Gasteiger partial charge is 0.307 e. The van der Waals surface area contributed by atoms with Gasteiger partial charge >= 0.3 is 5.97 Å². The molecule has 0 saturated heterocycles. The molecule has 1 fully saturated rings. The molecule has 0 aromatic carbocycles. The number of carboxylic acid groups (broad SMARTS) is 1. The van der Waals surface area contributed by atoms with Crippen LogP contribution in [0.2, 0.25) is 0 Å². The largest absolute Gasteiger partial charge is 0.481 e. The van der Waals surface area contributed by atoms with Crippen LogP contribution in [0.3, 0.4) is 0 Å². The van der Waals surface area contributed by atoms with Gasteiger partial charge in [-0.15, -0.1) is 0 Å². The van der Waals surface area contributed by atoms with Gasteiger partial charge in [-0.3, -0.25) is 14.4 Å². The maximum absolute atomic E-state index is 11.4. The first kappa shape index (κ1) is 13.5. The van der Waals surface area contributed by atoms with Gasteiger partial charge < -0.3 is 15.7 Å². The number of aliphatic carboxylic acids is 1. The van der Waals surface area contributed by atoms with Crippen molar-refractivity contribution in [3.63, 3.8) is 0 Å². The average Bonchev–Trinajstić information content (AvgIpc) is 2.95. The molecule has 0 unspecified atom stereocenters. The summed E-state index contributed by atoms with van der Waals surface area (Å²) in [6, 6.07) is 0.0815. The van der Waals surface area contributed by atoms with E-state index in [1.54, 1.807) is 0 Å². The van der Waals surface area contributed by atoms with Crippen LogP contribution >= 0.6 is 0 Å². The molecule has 1 aliphatic rings. The molecule has 1 rings (SSSR count). The number of nitrogens with one attached hydrogen (secondary N) is 2. The molecule has 0 aliphatic heterocycles. The third-order valence-corrected chi connectivity index (χ3v) is 2.55. The van der Waals surface area contributed by atoms with Crippen molar-refractivity contribution in [2.24, 2.45) is 11.8 Å². The number of amides is 2. The molecule has 2 atom stereocenters. The lowest BCUT2D eigenvalue weighted by molar-refractivity contribution is -0.140. The molecule has 96 valence electrons. The minimum atomic E-state index is -0.928. The van der Waals surface area contributed by atoms with Crippen LogP contribution in [-0.4, -0.2) is 35.5 Å². The fourth-order valence-electron chi connectivity index (χ4n) is 1.58. The van der Waals surface area contributed by atoms with Gasteiger partial charge in [0.2, 0.25) is 11.8 Å². The molecule has 0 spiro atoms. The quantitative estimate of drug-likeness (QED) is 0.598. The Bertz CT molecular complexity index is 327. The molecule has 0 aromatic heterocycles. The first-order chi connectivity index (χ1) is 7.91. The Morgan fingerprint density at radius 1 is 1.29 bits per heavy atom. The molecule has 3 N–H and O–H groups in total. The van der Waals surface area contributed by atoms with Crippen LogP contribution in [0.1, 0.15) is 26.7 Å². The second-order valence-electron chi connectivity index (χ2n) is 4.55. The van der Waals surface area contributed by atoms with Crippen LogP contribution in [0.4, 0.5) is 0 Å². The van der Waals surface area contributed by atoms with Crippen LogP contribution < -0.4 is 10.6 Å². The van der Waals surface area contributed by atoms with Gasteiger partial charge in [-0.25, -0.2) is 0 Å². The summed E-state index contributed by atoms with van der Waals surface area (Å²) in [5.41, 5.74) is 0. The molecular formula is C11H18N2O4. The Labute approximate surface area is 99.8 Å². The van der Waals surface area contributed by atoms with Crippen molar-refractivity contribution in [1.29, 1.82) is 0 Å². The zero-order chi connectivity index (χ0) is 13.0. The Morgan fingerprint density at radius 3 is 2.41 bits per heavy atom. The van der Waals surface area contributed by atoms with Crippen LogP contribution in [0.25, 0.3) is 0 Å². The van der Waals surface area contributed by atoms with Gasteiger partial charge in [0.15, 0.2) is 0 Å². The highest BCUT2D eigenvalue weighted by Crippen LogP contribution is 2.38. The maximum atomic E-state index is 11.4. The van der Waals surface area contributed by atoms with Gasteiger partial charge in [0, 0.05) is 19.0 Å². The fourth-order valence-corrected chi connectivity index (χ4v) is 1.58. The number of rotatable bonds is 6. The summed E-state index contributed by atoms with van der Waals surface area (Å²) in [6.07, 6.45) is 0.619. The normalized spacial score (nSPS) is 22.1. The molecular weight excluding hydrogens is 224 g/mol. The van der Waals surface area contributed by atoms with E-state index in [1.807, 2.05) is 13.8 Å². The summed E-state index contributed by atoms with van der Waals surface area (Å²) in [7, 11) is 0. The van der Waals surface area contributed by atoms with Crippen molar-refractivity contribution in [2.45, 2.75) is 32.7 Å². The lowest BCUT2D eigenvalue weighted by atomic mass is 10.3. The summed E-state index contributed by atoms with van der Waals surface area (Å²) in [5.74, 6) is -2.27. The summed E-state index contributed by atoms with van der Waals surface area (Å²) < 4.78 is 0. The summed E-state index contributed by atoms with van der Waals surface area (Å²) in [4.78, 5) is 33.2. The zero-order valence-corrected chi connectivity index (χ0v) is 10.0. The van der Waals surface area contributed by atoms with Crippen molar-refractivity contribution in [1.82, 2.24) is 10.6 Å². The highest BCUT2D eigenvalue weighted by Gasteiger charge is 2.48. The number of carboxylic acids is 1. The van der Waals surface area contributed by atoms with Gasteiger partial charge in [0.05, 0.1) is 11.8 Å². The highest BCUT2D eigenvalue weighted by molar-refractivity contribution is 5.89. The average molecular weight is 242 g/mol. The van der Waals surface area contributed by atoms with Gasteiger partial charge in [-0.05, 0) is 20.3 Å². The molecule has 1 saturated carbocycles. The van der Waals surface area contributed by atoms with E-state index in [4.69, 9.17) is 5.11 Å². The predicted molar refractivity (Wildman–Crippen MR) is 60.1 cm³/mol. The molecule has 0 bridgehead atoms. The van der Waals surface area contributed by atoms with Crippen LogP contribution in [0.5, 0.6) is 0 Å². The summed E-state index contributed by atoms with van der Waals surface area (Å²) in [6.45, 7) is 3.97. The monoisotopic (exact) mass is 242 g/mol. The number of hydrogen-bond acceptors (Lipinski definition) is 3. The van der Waals surface area contributed by atoms with E-state index in [9.17, 15) is 14.4 Å². The minimum Gasteiger partial charge on any atom is -0.481 e. The second-order valence-corrected chi connectivity index (χ2v) is 4.55.